The van der Waals surface area contributed by atoms with Gasteiger partial charge in [0.25, 0.3) is 6.47 Å². The molecule has 0 saturated carbocycles. The maximum Gasteiger partial charge on any atom is 0.293 e. The predicted octanol–water partition coefficient (Wildman–Crippen LogP) is 0.472. The lowest BCUT2D eigenvalue weighted by Crippen LogP contribution is -2.24. The highest BCUT2D eigenvalue weighted by Gasteiger charge is 2.08. The molecule has 0 bridgehead atoms. The SMILES string of the molecule is CN(CCS(C)(=O)=O)Cc1ccc(CCOC=O)o1. The molecular weight excluding hydrogens is 270 g/mol. The lowest BCUT2D eigenvalue weighted by Gasteiger charge is -2.13. The van der Waals surface area contributed by atoms with E-state index in [2.05, 4.69) is 4.74 Å². The molecule has 7 heteroatoms. The van der Waals surface area contributed by atoms with Gasteiger partial charge < -0.3 is 9.15 Å². The van der Waals surface area contributed by atoms with Crippen LogP contribution in [0, 0.1) is 0 Å². The molecule has 6 nitrogen and oxygen atoms in total. The molecule has 0 N–H and O–H groups in total. The summed E-state index contributed by atoms with van der Waals surface area (Å²) in [7, 11) is -1.11. The largest absolute Gasteiger partial charge is 0.467 e. The van der Waals surface area contributed by atoms with E-state index < -0.39 is 9.84 Å². The average Bonchev–Trinajstić information content (AvgIpc) is 2.74. The standard InChI is InChI=1S/C12H19NO5S/c1-13(6-8-19(2,15)16)9-12-4-3-11(18-12)5-7-17-10-14/h3-4,10H,5-9H2,1-2H3. The molecule has 19 heavy (non-hydrogen) atoms. The van der Waals surface area contributed by atoms with Crippen LogP contribution in [0.1, 0.15) is 11.5 Å². The number of carbonyl (C=O) groups is 1. The molecule has 0 fully saturated rings. The van der Waals surface area contributed by atoms with Gasteiger partial charge in [-0.25, -0.2) is 8.42 Å². The van der Waals surface area contributed by atoms with Crippen LogP contribution in [0.3, 0.4) is 0 Å². The molecule has 0 unspecified atom stereocenters. The Morgan fingerprint density at radius 3 is 2.68 bits per heavy atom. The zero-order valence-corrected chi connectivity index (χ0v) is 12.0. The summed E-state index contributed by atoms with van der Waals surface area (Å²) in [5, 5.41) is 0. The molecule has 0 atom stereocenters. The predicted molar refractivity (Wildman–Crippen MR) is 70.5 cm³/mol. The third-order valence-corrected chi connectivity index (χ3v) is 3.45. The van der Waals surface area contributed by atoms with E-state index in [-0.39, 0.29) is 5.75 Å². The second-order valence-corrected chi connectivity index (χ2v) is 6.71. The minimum atomic E-state index is -2.94. The number of rotatable bonds is 9. The van der Waals surface area contributed by atoms with E-state index >= 15 is 0 Å². The van der Waals surface area contributed by atoms with Gasteiger partial charge in [0.2, 0.25) is 0 Å². The van der Waals surface area contributed by atoms with Crippen molar-refractivity contribution >= 4 is 16.3 Å². The van der Waals surface area contributed by atoms with Crippen LogP contribution < -0.4 is 0 Å². The quantitative estimate of drug-likeness (QED) is 0.486. The molecule has 1 aromatic heterocycles. The summed E-state index contributed by atoms with van der Waals surface area (Å²) in [6.45, 7) is 1.70. The number of hydrogen-bond acceptors (Lipinski definition) is 6. The number of carbonyl (C=O) groups excluding carboxylic acids is 1. The number of hydrogen-bond donors (Lipinski definition) is 0. The fourth-order valence-electron chi connectivity index (χ4n) is 1.52. The van der Waals surface area contributed by atoms with Gasteiger partial charge in [-0.15, -0.1) is 0 Å². The second kappa shape index (κ2) is 7.30. The fraction of sp³-hybridized carbons (Fsp3) is 0.583. The van der Waals surface area contributed by atoms with Gasteiger partial charge in [0.1, 0.15) is 21.4 Å². The highest BCUT2D eigenvalue weighted by atomic mass is 32.2. The molecule has 0 aliphatic heterocycles. The van der Waals surface area contributed by atoms with Crippen molar-refractivity contribution in [1.82, 2.24) is 4.90 Å². The van der Waals surface area contributed by atoms with Crippen molar-refractivity contribution in [3.05, 3.63) is 23.7 Å². The first kappa shape index (κ1) is 15.7. The Labute approximate surface area is 113 Å². The van der Waals surface area contributed by atoms with Crippen LogP contribution >= 0.6 is 0 Å². The van der Waals surface area contributed by atoms with Gasteiger partial charge in [0, 0.05) is 19.2 Å². The normalized spacial score (nSPS) is 11.7. The summed E-state index contributed by atoms with van der Waals surface area (Å²) < 4.78 is 32.2. The molecular formula is C12H19NO5S. The van der Waals surface area contributed by atoms with Gasteiger partial charge in [-0.1, -0.05) is 0 Å². The van der Waals surface area contributed by atoms with Crippen LogP contribution in [-0.2, 0) is 32.3 Å². The number of sulfone groups is 1. The Morgan fingerprint density at radius 2 is 2.05 bits per heavy atom. The number of ether oxygens (including phenoxy) is 1. The molecule has 0 aliphatic rings. The van der Waals surface area contributed by atoms with Crippen LogP contribution in [0.5, 0.6) is 0 Å². The molecule has 1 aromatic rings. The number of nitrogens with zero attached hydrogens (tertiary/aromatic N) is 1. The van der Waals surface area contributed by atoms with Crippen molar-refractivity contribution in [3.63, 3.8) is 0 Å². The monoisotopic (exact) mass is 289 g/mol. The molecule has 0 amide bonds. The molecule has 1 heterocycles. The fourth-order valence-corrected chi connectivity index (χ4v) is 2.16. The summed E-state index contributed by atoms with van der Waals surface area (Å²) in [6, 6.07) is 3.67. The Morgan fingerprint density at radius 1 is 1.37 bits per heavy atom. The van der Waals surface area contributed by atoms with Crippen molar-refractivity contribution < 1.29 is 22.4 Å². The minimum absolute atomic E-state index is 0.129. The average molecular weight is 289 g/mol. The van der Waals surface area contributed by atoms with Crippen LogP contribution in [0.2, 0.25) is 0 Å². The molecule has 0 saturated heterocycles. The van der Waals surface area contributed by atoms with Gasteiger partial charge >= 0.3 is 0 Å². The zero-order valence-electron chi connectivity index (χ0n) is 11.2. The van der Waals surface area contributed by atoms with Gasteiger partial charge in [0.05, 0.1) is 18.9 Å². The topological polar surface area (TPSA) is 76.8 Å². The first-order chi connectivity index (χ1) is 8.90. The highest BCUT2D eigenvalue weighted by Crippen LogP contribution is 2.10. The summed E-state index contributed by atoms with van der Waals surface area (Å²) in [4.78, 5) is 11.9. The third kappa shape index (κ3) is 6.97. The van der Waals surface area contributed by atoms with Gasteiger partial charge in [-0.3, -0.25) is 9.69 Å². The van der Waals surface area contributed by atoms with E-state index in [4.69, 9.17) is 4.42 Å². The van der Waals surface area contributed by atoms with Crippen LogP contribution in [0.15, 0.2) is 16.5 Å². The second-order valence-electron chi connectivity index (χ2n) is 4.45. The summed E-state index contributed by atoms with van der Waals surface area (Å²) in [5.41, 5.74) is 0. The Kier molecular flexibility index (Phi) is 6.04. The van der Waals surface area contributed by atoms with Crippen molar-refractivity contribution in [2.75, 3.05) is 32.2 Å². The third-order valence-electron chi connectivity index (χ3n) is 2.52. The van der Waals surface area contributed by atoms with Crippen LogP contribution in [0.25, 0.3) is 0 Å². The van der Waals surface area contributed by atoms with Gasteiger partial charge in [-0.05, 0) is 19.2 Å². The summed E-state index contributed by atoms with van der Waals surface area (Å²) in [6.07, 6.45) is 1.75. The lowest BCUT2D eigenvalue weighted by atomic mass is 10.3. The van der Waals surface area contributed by atoms with Crippen molar-refractivity contribution in [2.45, 2.75) is 13.0 Å². The Bertz CT molecular complexity index is 494. The van der Waals surface area contributed by atoms with E-state index in [1.165, 1.54) is 6.26 Å². The van der Waals surface area contributed by atoms with E-state index in [9.17, 15) is 13.2 Å². The van der Waals surface area contributed by atoms with E-state index in [1.807, 2.05) is 24.1 Å². The van der Waals surface area contributed by atoms with Crippen molar-refractivity contribution in [1.29, 1.82) is 0 Å². The van der Waals surface area contributed by atoms with Crippen molar-refractivity contribution in [3.8, 4) is 0 Å². The van der Waals surface area contributed by atoms with E-state index in [1.54, 1.807) is 0 Å². The number of furan rings is 1. The molecule has 0 spiro atoms. The molecule has 0 aromatic carbocycles. The zero-order chi connectivity index (χ0) is 14.3. The smallest absolute Gasteiger partial charge is 0.293 e. The van der Waals surface area contributed by atoms with Crippen LogP contribution in [-0.4, -0.2) is 52.0 Å². The molecule has 0 aliphatic carbocycles. The van der Waals surface area contributed by atoms with E-state index in [0.717, 1.165) is 11.5 Å². The first-order valence-corrected chi connectivity index (χ1v) is 7.96. The first-order valence-electron chi connectivity index (χ1n) is 5.90. The molecule has 108 valence electrons. The van der Waals surface area contributed by atoms with Crippen LogP contribution in [0.4, 0.5) is 0 Å². The van der Waals surface area contributed by atoms with Crippen molar-refractivity contribution in [2.24, 2.45) is 0 Å². The Balaban J connectivity index is 2.38. The van der Waals surface area contributed by atoms with Gasteiger partial charge in [-0.2, -0.15) is 0 Å². The Hall–Kier alpha value is -1.34. The van der Waals surface area contributed by atoms with E-state index in [0.29, 0.717) is 32.6 Å². The summed E-state index contributed by atoms with van der Waals surface area (Å²) in [5.74, 6) is 1.63. The molecule has 0 radical (unpaired) electrons. The summed E-state index contributed by atoms with van der Waals surface area (Å²) >= 11 is 0. The maximum atomic E-state index is 11.0. The minimum Gasteiger partial charge on any atom is -0.467 e. The maximum absolute atomic E-state index is 11.0. The molecule has 1 rings (SSSR count). The van der Waals surface area contributed by atoms with Gasteiger partial charge in [0.15, 0.2) is 0 Å². The highest BCUT2D eigenvalue weighted by molar-refractivity contribution is 7.90. The lowest BCUT2D eigenvalue weighted by molar-refractivity contribution is -0.128.